The maximum Gasteiger partial charge on any atom is 0.179 e. The first-order valence-corrected chi connectivity index (χ1v) is 22.0. The first-order chi connectivity index (χ1) is 31.4. The molecule has 12 rings (SSSR count). The molecule has 64 heavy (non-hydrogen) atoms. The third-order valence-corrected chi connectivity index (χ3v) is 13.0. The van der Waals surface area contributed by atoms with Gasteiger partial charge in [0.1, 0.15) is 11.2 Å². The molecule has 2 aromatic heterocycles. The summed E-state index contributed by atoms with van der Waals surface area (Å²) in [6.45, 7) is 8.75. The minimum Gasteiger partial charge on any atom is -0.452 e. The lowest BCUT2D eigenvalue weighted by Crippen LogP contribution is -2.12. The number of nitrogens with zero attached hydrogens (tertiary/aromatic N) is 2. The molecule has 0 fully saturated rings. The van der Waals surface area contributed by atoms with Crippen LogP contribution in [-0.2, 0) is 0 Å². The number of furan rings is 2. The van der Waals surface area contributed by atoms with Crippen molar-refractivity contribution < 1.29 is 8.83 Å². The van der Waals surface area contributed by atoms with Gasteiger partial charge in [-0.1, -0.05) is 115 Å². The van der Waals surface area contributed by atoms with Crippen molar-refractivity contribution in [1.82, 2.24) is 0 Å². The van der Waals surface area contributed by atoms with Crippen LogP contribution >= 0.6 is 0 Å². The zero-order chi connectivity index (χ0) is 43.1. The summed E-state index contributed by atoms with van der Waals surface area (Å²) in [5, 5.41) is 8.71. The summed E-state index contributed by atoms with van der Waals surface area (Å²) in [5.74, 6) is 0. The van der Waals surface area contributed by atoms with E-state index in [-0.39, 0.29) is 0 Å². The largest absolute Gasteiger partial charge is 0.452 e. The molecule has 0 bridgehead atoms. The molecular weight excluding hydrogens is 781 g/mol. The molecule has 4 nitrogen and oxygen atoms in total. The third kappa shape index (κ3) is 6.06. The Kier molecular flexibility index (Phi) is 8.70. The molecule has 0 saturated heterocycles. The van der Waals surface area contributed by atoms with Crippen molar-refractivity contribution in [3.8, 4) is 11.1 Å². The number of rotatable bonds is 7. The van der Waals surface area contributed by atoms with E-state index in [1.165, 1.54) is 33.6 Å². The third-order valence-electron chi connectivity index (χ3n) is 13.0. The monoisotopic (exact) mass is 824 g/mol. The van der Waals surface area contributed by atoms with Gasteiger partial charge in [-0.15, -0.1) is 0 Å². The van der Waals surface area contributed by atoms with Gasteiger partial charge in [-0.3, -0.25) is 0 Å². The highest BCUT2D eigenvalue weighted by Crippen LogP contribution is 2.47. The van der Waals surface area contributed by atoms with Crippen molar-refractivity contribution in [1.29, 1.82) is 0 Å². The summed E-state index contributed by atoms with van der Waals surface area (Å²) >= 11 is 0. The van der Waals surface area contributed by atoms with Crippen LogP contribution in [0.4, 0.5) is 34.1 Å². The molecule has 0 aliphatic carbocycles. The number of hydrogen-bond acceptors (Lipinski definition) is 4. The molecule has 0 spiro atoms. The Labute approximate surface area is 371 Å². The van der Waals surface area contributed by atoms with Gasteiger partial charge in [-0.25, -0.2) is 0 Å². The number of fused-ring (bicyclic) bond motifs is 9. The lowest BCUT2D eigenvalue weighted by molar-refractivity contribution is 0.634. The zero-order valence-electron chi connectivity index (χ0n) is 36.2. The fraction of sp³-hybridized carbons (Fsp3) is 0.0667. The van der Waals surface area contributed by atoms with E-state index in [0.717, 1.165) is 99.3 Å². The maximum atomic E-state index is 7.03. The molecule has 0 aliphatic rings. The first kappa shape index (κ1) is 37.7. The van der Waals surface area contributed by atoms with Gasteiger partial charge in [0.2, 0.25) is 0 Å². The molecular formula is C60H44N2O2. The average molecular weight is 825 g/mol. The molecule has 12 aromatic rings. The smallest absolute Gasteiger partial charge is 0.179 e. The van der Waals surface area contributed by atoms with E-state index >= 15 is 0 Å². The number of aryl methyl sites for hydroxylation is 4. The SMILES string of the molecule is Cc1cccc(C)c1N(c1ccccc1)c1ccc2cc3c(cc2c1)oc1c3cc(-c2ccccc2)c2c3cc4ccc(N(c5ccccc5)c5c(C)cccc5C)cc4cc3oc12. The van der Waals surface area contributed by atoms with Crippen LogP contribution in [0, 0.1) is 27.7 Å². The maximum absolute atomic E-state index is 7.03. The minimum absolute atomic E-state index is 0.757. The van der Waals surface area contributed by atoms with E-state index in [9.17, 15) is 0 Å². The lowest BCUT2D eigenvalue weighted by atomic mass is 9.95. The van der Waals surface area contributed by atoms with Crippen molar-refractivity contribution in [2.24, 2.45) is 0 Å². The van der Waals surface area contributed by atoms with Gasteiger partial charge in [0.15, 0.2) is 11.2 Å². The number of anilines is 6. The fourth-order valence-electron chi connectivity index (χ4n) is 10.0. The summed E-state index contributed by atoms with van der Waals surface area (Å²) in [7, 11) is 0. The van der Waals surface area contributed by atoms with E-state index < -0.39 is 0 Å². The zero-order valence-corrected chi connectivity index (χ0v) is 36.2. The predicted octanol–water partition coefficient (Wildman–Crippen LogP) is 17.6. The van der Waals surface area contributed by atoms with Crippen LogP contribution in [0.15, 0.2) is 203 Å². The summed E-state index contributed by atoms with van der Waals surface area (Å²) in [4.78, 5) is 4.74. The normalized spacial score (nSPS) is 11.8. The van der Waals surface area contributed by atoms with Crippen LogP contribution in [0.2, 0.25) is 0 Å². The highest BCUT2D eigenvalue weighted by atomic mass is 16.4. The Balaban J connectivity index is 1.06. The van der Waals surface area contributed by atoms with Gasteiger partial charge in [0.05, 0.1) is 11.4 Å². The molecule has 0 atom stereocenters. The topological polar surface area (TPSA) is 32.8 Å². The van der Waals surface area contributed by atoms with Gasteiger partial charge < -0.3 is 18.6 Å². The van der Waals surface area contributed by atoms with Crippen molar-refractivity contribution in [2.45, 2.75) is 27.7 Å². The molecule has 4 heteroatoms. The van der Waals surface area contributed by atoms with E-state index in [2.05, 4.69) is 232 Å². The van der Waals surface area contributed by atoms with Crippen molar-refractivity contribution in [2.75, 3.05) is 9.80 Å². The van der Waals surface area contributed by atoms with Crippen LogP contribution in [0.1, 0.15) is 22.3 Å². The Morgan fingerprint density at radius 1 is 0.328 bits per heavy atom. The van der Waals surface area contributed by atoms with E-state index in [1.807, 2.05) is 0 Å². The molecule has 0 unspecified atom stereocenters. The second-order valence-corrected chi connectivity index (χ2v) is 17.2. The van der Waals surface area contributed by atoms with E-state index in [4.69, 9.17) is 8.83 Å². The van der Waals surface area contributed by atoms with Gasteiger partial charge in [0, 0.05) is 44.3 Å². The summed E-state index contributed by atoms with van der Waals surface area (Å²) in [6.07, 6.45) is 0. The summed E-state index contributed by atoms with van der Waals surface area (Å²) < 4.78 is 14.0. The summed E-state index contributed by atoms with van der Waals surface area (Å²) in [5.41, 5.74) is 17.1. The number of benzene rings is 10. The van der Waals surface area contributed by atoms with Crippen LogP contribution in [0.25, 0.3) is 76.5 Å². The Morgan fingerprint density at radius 2 is 0.781 bits per heavy atom. The standard InChI is InChI=1S/C60H44N2O2/c1-37-16-14-17-38(2)57(37)61(46-22-10-6-11-23-46)48-28-26-42-32-51-52-36-50(41-20-8-5-9-21-41)56-53-33-43-27-29-49(62(47-24-12-7-13-25-47)58-39(3)18-15-19-40(58)4)31-45(43)35-55(53)64-60(56)59(52)63-54(51)34-44(42)30-48/h5-36H,1-4H3. The highest BCUT2D eigenvalue weighted by Gasteiger charge is 2.24. The summed E-state index contributed by atoms with van der Waals surface area (Å²) in [6, 6.07) is 69.7. The Hall–Kier alpha value is -8.08. The van der Waals surface area contributed by atoms with Gasteiger partial charge in [-0.05, 0) is 161 Å². The van der Waals surface area contributed by atoms with Crippen molar-refractivity contribution in [3.05, 3.63) is 216 Å². The average Bonchev–Trinajstić information content (AvgIpc) is 3.87. The van der Waals surface area contributed by atoms with E-state index in [1.54, 1.807) is 0 Å². The second kappa shape index (κ2) is 14.8. The Bertz CT molecular complexity index is 3730. The molecule has 0 saturated carbocycles. The van der Waals surface area contributed by atoms with E-state index in [0.29, 0.717) is 0 Å². The van der Waals surface area contributed by atoms with Crippen LogP contribution in [-0.4, -0.2) is 0 Å². The molecule has 306 valence electrons. The minimum atomic E-state index is 0.757. The quantitative estimate of drug-likeness (QED) is 0.160. The number of hydrogen-bond donors (Lipinski definition) is 0. The number of para-hydroxylation sites is 4. The van der Waals surface area contributed by atoms with Gasteiger partial charge >= 0.3 is 0 Å². The predicted molar refractivity (Wildman–Crippen MR) is 270 cm³/mol. The van der Waals surface area contributed by atoms with Crippen LogP contribution in [0.5, 0.6) is 0 Å². The molecule has 0 amide bonds. The molecule has 0 aliphatic heterocycles. The van der Waals surface area contributed by atoms with Gasteiger partial charge in [0.25, 0.3) is 0 Å². The Morgan fingerprint density at radius 3 is 1.30 bits per heavy atom. The van der Waals surface area contributed by atoms with Crippen molar-refractivity contribution in [3.63, 3.8) is 0 Å². The van der Waals surface area contributed by atoms with Crippen molar-refractivity contribution >= 4 is 99.5 Å². The molecule has 0 radical (unpaired) electrons. The first-order valence-electron chi connectivity index (χ1n) is 22.0. The second-order valence-electron chi connectivity index (χ2n) is 17.2. The van der Waals surface area contributed by atoms with Crippen LogP contribution in [0.3, 0.4) is 0 Å². The molecule has 0 N–H and O–H groups in total. The van der Waals surface area contributed by atoms with Gasteiger partial charge in [-0.2, -0.15) is 0 Å². The lowest BCUT2D eigenvalue weighted by Gasteiger charge is -2.29. The molecule has 2 heterocycles. The molecule has 10 aromatic carbocycles. The fourth-order valence-corrected chi connectivity index (χ4v) is 10.0. The van der Waals surface area contributed by atoms with Crippen LogP contribution < -0.4 is 9.80 Å². The highest BCUT2D eigenvalue weighted by molar-refractivity contribution is 6.26.